The van der Waals surface area contributed by atoms with E-state index in [0.29, 0.717) is 30.7 Å². The molecule has 1 aliphatic rings. The van der Waals surface area contributed by atoms with E-state index in [4.69, 9.17) is 10.5 Å². The summed E-state index contributed by atoms with van der Waals surface area (Å²) in [5, 5.41) is 0. The Kier molecular flexibility index (Phi) is 4.01. The highest BCUT2D eigenvalue weighted by molar-refractivity contribution is 7.89. The SMILES string of the molecule is COc1ccc(S(=O)(=O)N2CCC[C@H]2C(N)=O)c(C)c1. The smallest absolute Gasteiger partial charge is 0.244 e. The van der Waals surface area contributed by atoms with Crippen LogP contribution in [0.5, 0.6) is 5.75 Å². The molecule has 1 saturated heterocycles. The van der Waals surface area contributed by atoms with Crippen LogP contribution in [0.25, 0.3) is 0 Å². The van der Waals surface area contributed by atoms with Crippen molar-refractivity contribution in [2.45, 2.75) is 30.7 Å². The summed E-state index contributed by atoms with van der Waals surface area (Å²) >= 11 is 0. The summed E-state index contributed by atoms with van der Waals surface area (Å²) in [6.45, 7) is 2.02. The first-order valence-electron chi connectivity index (χ1n) is 6.33. The minimum absolute atomic E-state index is 0.187. The number of hydrogen-bond donors (Lipinski definition) is 1. The molecule has 1 amide bonds. The van der Waals surface area contributed by atoms with Crippen molar-refractivity contribution in [2.24, 2.45) is 5.73 Å². The van der Waals surface area contributed by atoms with Crippen molar-refractivity contribution in [2.75, 3.05) is 13.7 Å². The second-order valence-electron chi connectivity index (χ2n) is 4.81. The van der Waals surface area contributed by atoms with Gasteiger partial charge in [-0.1, -0.05) is 0 Å². The maximum Gasteiger partial charge on any atom is 0.244 e. The Labute approximate surface area is 118 Å². The number of aryl methyl sites for hydroxylation is 1. The highest BCUT2D eigenvalue weighted by atomic mass is 32.2. The summed E-state index contributed by atoms with van der Waals surface area (Å²) in [6, 6.07) is 4.00. The second kappa shape index (κ2) is 5.41. The van der Waals surface area contributed by atoms with E-state index in [2.05, 4.69) is 0 Å². The first-order chi connectivity index (χ1) is 9.37. The zero-order valence-electron chi connectivity index (χ0n) is 11.5. The zero-order chi connectivity index (χ0) is 14.9. The van der Waals surface area contributed by atoms with Crippen LogP contribution >= 0.6 is 0 Å². The Hall–Kier alpha value is -1.60. The molecule has 6 nitrogen and oxygen atoms in total. The fourth-order valence-electron chi connectivity index (χ4n) is 2.48. The minimum Gasteiger partial charge on any atom is -0.497 e. The molecule has 2 N–H and O–H groups in total. The van der Waals surface area contributed by atoms with Gasteiger partial charge in [0.1, 0.15) is 11.8 Å². The molecule has 1 heterocycles. The lowest BCUT2D eigenvalue weighted by Gasteiger charge is -2.22. The zero-order valence-corrected chi connectivity index (χ0v) is 12.3. The van der Waals surface area contributed by atoms with Crippen LogP contribution in [0.3, 0.4) is 0 Å². The number of sulfonamides is 1. The van der Waals surface area contributed by atoms with Crippen LogP contribution in [0.4, 0.5) is 0 Å². The van der Waals surface area contributed by atoms with Gasteiger partial charge in [-0.3, -0.25) is 4.79 Å². The monoisotopic (exact) mass is 298 g/mol. The van der Waals surface area contributed by atoms with Crippen LogP contribution in [0.2, 0.25) is 0 Å². The van der Waals surface area contributed by atoms with Crippen LogP contribution in [-0.2, 0) is 14.8 Å². The number of methoxy groups -OCH3 is 1. The molecule has 110 valence electrons. The number of rotatable bonds is 4. The predicted molar refractivity (Wildman–Crippen MR) is 73.8 cm³/mol. The van der Waals surface area contributed by atoms with E-state index in [1.54, 1.807) is 19.1 Å². The van der Waals surface area contributed by atoms with Crippen molar-refractivity contribution in [1.82, 2.24) is 4.31 Å². The third-order valence-corrected chi connectivity index (χ3v) is 5.57. The molecular weight excluding hydrogens is 280 g/mol. The van der Waals surface area contributed by atoms with Gasteiger partial charge >= 0.3 is 0 Å². The number of primary amides is 1. The van der Waals surface area contributed by atoms with Gasteiger partial charge in [-0.05, 0) is 43.5 Å². The van der Waals surface area contributed by atoms with Gasteiger partial charge in [0.25, 0.3) is 0 Å². The lowest BCUT2D eigenvalue weighted by molar-refractivity contribution is -0.121. The number of hydrogen-bond acceptors (Lipinski definition) is 4. The summed E-state index contributed by atoms with van der Waals surface area (Å²) in [7, 11) is -2.19. The van der Waals surface area contributed by atoms with E-state index in [1.165, 1.54) is 17.5 Å². The van der Waals surface area contributed by atoms with Gasteiger partial charge in [0, 0.05) is 6.54 Å². The molecule has 0 aromatic heterocycles. The van der Waals surface area contributed by atoms with Crippen LogP contribution in [0.1, 0.15) is 18.4 Å². The van der Waals surface area contributed by atoms with E-state index < -0.39 is 22.0 Å². The first kappa shape index (κ1) is 14.8. The van der Waals surface area contributed by atoms with Crippen LogP contribution in [0, 0.1) is 6.92 Å². The van der Waals surface area contributed by atoms with Crippen LogP contribution < -0.4 is 10.5 Å². The molecule has 2 rings (SSSR count). The van der Waals surface area contributed by atoms with E-state index in [9.17, 15) is 13.2 Å². The van der Waals surface area contributed by atoms with E-state index >= 15 is 0 Å². The van der Waals surface area contributed by atoms with Gasteiger partial charge in [-0.2, -0.15) is 4.31 Å². The van der Waals surface area contributed by atoms with Crippen molar-refractivity contribution in [3.05, 3.63) is 23.8 Å². The molecule has 0 aliphatic carbocycles. The maximum absolute atomic E-state index is 12.6. The van der Waals surface area contributed by atoms with Crippen LogP contribution in [0.15, 0.2) is 23.1 Å². The molecule has 0 radical (unpaired) electrons. The van der Waals surface area contributed by atoms with Gasteiger partial charge in [0.2, 0.25) is 15.9 Å². The van der Waals surface area contributed by atoms with Gasteiger partial charge < -0.3 is 10.5 Å². The number of nitrogens with zero attached hydrogens (tertiary/aromatic N) is 1. The largest absolute Gasteiger partial charge is 0.497 e. The summed E-state index contributed by atoms with van der Waals surface area (Å²) in [4.78, 5) is 11.6. The number of amides is 1. The first-order valence-corrected chi connectivity index (χ1v) is 7.77. The molecule has 0 unspecified atom stereocenters. The van der Waals surface area contributed by atoms with Crippen molar-refractivity contribution >= 4 is 15.9 Å². The van der Waals surface area contributed by atoms with Crippen molar-refractivity contribution in [3.8, 4) is 5.75 Å². The number of benzene rings is 1. The van der Waals surface area contributed by atoms with Crippen molar-refractivity contribution in [1.29, 1.82) is 0 Å². The quantitative estimate of drug-likeness (QED) is 0.883. The second-order valence-corrected chi connectivity index (χ2v) is 6.67. The number of ether oxygens (including phenoxy) is 1. The third kappa shape index (κ3) is 2.51. The normalized spacial score (nSPS) is 20.0. The molecule has 1 atom stereocenters. The minimum atomic E-state index is -3.71. The molecule has 1 aromatic rings. The van der Waals surface area contributed by atoms with Crippen molar-refractivity contribution < 1.29 is 17.9 Å². The molecule has 20 heavy (non-hydrogen) atoms. The number of nitrogens with two attached hydrogens (primary N) is 1. The Morgan fingerprint density at radius 2 is 2.15 bits per heavy atom. The standard InChI is InChI=1S/C13H18N2O4S/c1-9-8-10(19-2)5-6-12(9)20(17,18)15-7-3-4-11(15)13(14)16/h5-6,8,11H,3-4,7H2,1-2H3,(H2,14,16)/t11-/m0/s1. The van der Waals surface area contributed by atoms with Gasteiger partial charge in [0.15, 0.2) is 0 Å². The Morgan fingerprint density at radius 1 is 1.45 bits per heavy atom. The van der Waals surface area contributed by atoms with E-state index in [1.807, 2.05) is 0 Å². The summed E-state index contributed by atoms with van der Waals surface area (Å²) in [5.74, 6) is -0.00781. The predicted octanol–water partition coefficient (Wildman–Crippen LogP) is 0.642. The fraction of sp³-hybridized carbons (Fsp3) is 0.462. The molecule has 0 spiro atoms. The molecule has 1 aromatic carbocycles. The highest BCUT2D eigenvalue weighted by Gasteiger charge is 2.38. The number of carbonyl (C=O) groups excluding carboxylic acids is 1. The third-order valence-electron chi connectivity index (χ3n) is 3.50. The average molecular weight is 298 g/mol. The summed E-state index contributed by atoms with van der Waals surface area (Å²) in [5.41, 5.74) is 5.86. The molecule has 7 heteroatoms. The topological polar surface area (TPSA) is 89.7 Å². The molecule has 1 fully saturated rings. The van der Waals surface area contributed by atoms with Gasteiger partial charge in [-0.15, -0.1) is 0 Å². The molecular formula is C13H18N2O4S. The van der Waals surface area contributed by atoms with Crippen molar-refractivity contribution in [3.63, 3.8) is 0 Å². The molecule has 1 aliphatic heterocycles. The lowest BCUT2D eigenvalue weighted by atomic mass is 10.2. The average Bonchev–Trinajstić information content (AvgIpc) is 2.88. The Bertz CT molecular complexity index is 627. The van der Waals surface area contributed by atoms with E-state index in [-0.39, 0.29) is 4.90 Å². The lowest BCUT2D eigenvalue weighted by Crippen LogP contribution is -2.43. The highest BCUT2D eigenvalue weighted by Crippen LogP contribution is 2.29. The van der Waals surface area contributed by atoms with E-state index in [0.717, 1.165) is 0 Å². The fourth-order valence-corrected chi connectivity index (χ4v) is 4.35. The number of carbonyl (C=O) groups is 1. The maximum atomic E-state index is 12.6. The molecule has 0 bridgehead atoms. The van der Waals surface area contributed by atoms with Crippen LogP contribution in [-0.4, -0.2) is 38.3 Å². The summed E-state index contributed by atoms with van der Waals surface area (Å²) < 4.78 is 31.6. The van der Waals surface area contributed by atoms with Gasteiger partial charge in [0.05, 0.1) is 12.0 Å². The summed E-state index contributed by atoms with van der Waals surface area (Å²) in [6.07, 6.45) is 1.12. The Morgan fingerprint density at radius 3 is 2.70 bits per heavy atom. The van der Waals surface area contributed by atoms with Gasteiger partial charge in [-0.25, -0.2) is 8.42 Å². The molecule has 0 saturated carbocycles. The Balaban J connectivity index is 2.42.